The van der Waals surface area contributed by atoms with E-state index in [2.05, 4.69) is 5.32 Å². The Bertz CT molecular complexity index is 647. The van der Waals surface area contributed by atoms with Gasteiger partial charge in [0.1, 0.15) is 5.75 Å². The molecule has 0 saturated heterocycles. The minimum atomic E-state index is -0.365. The van der Waals surface area contributed by atoms with E-state index in [9.17, 15) is 9.90 Å². The Labute approximate surface area is 133 Å². The largest absolute Gasteiger partial charge is 0.507 e. The van der Waals surface area contributed by atoms with Crippen LogP contribution in [0.4, 0.5) is 5.69 Å². The number of rotatable bonds is 2. The average molecular weight is 408 g/mol. The molecule has 6 heteroatoms. The van der Waals surface area contributed by atoms with Crippen molar-refractivity contribution in [2.75, 3.05) is 5.32 Å². The van der Waals surface area contributed by atoms with Crippen molar-refractivity contribution in [3.8, 4) is 5.75 Å². The molecule has 0 heterocycles. The zero-order chi connectivity index (χ0) is 14.0. The van der Waals surface area contributed by atoms with Crippen LogP contribution in [0.5, 0.6) is 5.75 Å². The lowest BCUT2D eigenvalue weighted by atomic mass is 10.2. The summed E-state index contributed by atoms with van der Waals surface area (Å²) in [5.41, 5.74) is 0.770. The number of phenols is 1. The molecule has 0 atom stereocenters. The number of nitrogens with one attached hydrogen (secondary N) is 1. The maximum atomic E-state index is 12.0. The first-order valence-corrected chi connectivity index (χ1v) is 7.06. The van der Waals surface area contributed by atoms with E-state index in [4.69, 9.17) is 23.2 Å². The standard InChI is InChI=1S/C13H8Cl2INO2/c14-8-2-3-9(15)11(6-8)17-13(19)7-1-4-10(16)12(18)5-7/h1-6,18H,(H,17,19). The fourth-order valence-electron chi connectivity index (χ4n) is 1.44. The fraction of sp³-hybridized carbons (Fsp3) is 0. The summed E-state index contributed by atoms with van der Waals surface area (Å²) in [6.07, 6.45) is 0. The number of amides is 1. The van der Waals surface area contributed by atoms with Gasteiger partial charge in [0.25, 0.3) is 5.91 Å². The van der Waals surface area contributed by atoms with E-state index < -0.39 is 0 Å². The highest BCUT2D eigenvalue weighted by Gasteiger charge is 2.10. The van der Waals surface area contributed by atoms with E-state index in [1.165, 1.54) is 6.07 Å². The summed E-state index contributed by atoms with van der Waals surface area (Å²) in [4.78, 5) is 12.0. The van der Waals surface area contributed by atoms with Gasteiger partial charge in [-0.1, -0.05) is 23.2 Å². The van der Waals surface area contributed by atoms with Crippen LogP contribution in [-0.4, -0.2) is 11.0 Å². The molecule has 0 fully saturated rings. The summed E-state index contributed by atoms with van der Waals surface area (Å²) in [5.74, 6) is -0.304. The van der Waals surface area contributed by atoms with Gasteiger partial charge >= 0.3 is 0 Å². The molecule has 3 nitrogen and oxygen atoms in total. The molecule has 98 valence electrons. The fourth-order valence-corrected chi connectivity index (χ4v) is 2.11. The van der Waals surface area contributed by atoms with E-state index in [-0.39, 0.29) is 11.7 Å². The van der Waals surface area contributed by atoms with Gasteiger partial charge in [-0.15, -0.1) is 0 Å². The molecule has 0 bridgehead atoms. The van der Waals surface area contributed by atoms with Crippen molar-refractivity contribution < 1.29 is 9.90 Å². The van der Waals surface area contributed by atoms with Crippen LogP contribution < -0.4 is 5.32 Å². The van der Waals surface area contributed by atoms with Crippen LogP contribution in [0.25, 0.3) is 0 Å². The highest BCUT2D eigenvalue weighted by atomic mass is 127. The van der Waals surface area contributed by atoms with Gasteiger partial charge in [-0.3, -0.25) is 4.79 Å². The van der Waals surface area contributed by atoms with Crippen LogP contribution in [0, 0.1) is 3.57 Å². The number of carbonyl (C=O) groups is 1. The molecular weight excluding hydrogens is 400 g/mol. The Balaban J connectivity index is 2.25. The molecule has 0 unspecified atom stereocenters. The molecule has 0 saturated carbocycles. The molecule has 2 aromatic rings. The predicted molar refractivity (Wildman–Crippen MR) is 85.2 cm³/mol. The third-order valence-corrected chi connectivity index (χ3v) is 3.86. The van der Waals surface area contributed by atoms with Crippen LogP contribution in [0.15, 0.2) is 36.4 Å². The zero-order valence-corrected chi connectivity index (χ0v) is 13.1. The van der Waals surface area contributed by atoms with Gasteiger partial charge in [0, 0.05) is 10.6 Å². The molecule has 2 N–H and O–H groups in total. The topological polar surface area (TPSA) is 49.3 Å². The lowest BCUT2D eigenvalue weighted by molar-refractivity contribution is 0.102. The molecule has 0 aromatic heterocycles. The second kappa shape index (κ2) is 5.98. The number of halogens is 3. The highest BCUT2D eigenvalue weighted by Crippen LogP contribution is 2.26. The molecule has 0 aliphatic carbocycles. The SMILES string of the molecule is O=C(Nc1cc(Cl)ccc1Cl)c1ccc(I)c(O)c1. The Morgan fingerprint density at radius 3 is 2.58 bits per heavy atom. The molecule has 2 rings (SSSR count). The van der Waals surface area contributed by atoms with Crippen molar-refractivity contribution in [2.45, 2.75) is 0 Å². The smallest absolute Gasteiger partial charge is 0.255 e. The quantitative estimate of drug-likeness (QED) is 0.717. The van der Waals surface area contributed by atoms with Gasteiger partial charge in [0.05, 0.1) is 14.3 Å². The average Bonchev–Trinajstić information content (AvgIpc) is 2.37. The first-order chi connectivity index (χ1) is 8.97. The summed E-state index contributed by atoms with van der Waals surface area (Å²) in [7, 11) is 0. The zero-order valence-electron chi connectivity index (χ0n) is 9.45. The number of phenolic OH excluding ortho intramolecular Hbond substituents is 1. The predicted octanol–water partition coefficient (Wildman–Crippen LogP) is 4.56. The lowest BCUT2D eigenvalue weighted by Crippen LogP contribution is -2.12. The third kappa shape index (κ3) is 3.52. The first-order valence-electron chi connectivity index (χ1n) is 5.22. The minimum Gasteiger partial charge on any atom is -0.507 e. The van der Waals surface area contributed by atoms with E-state index in [1.807, 2.05) is 22.6 Å². The Kier molecular flexibility index (Phi) is 4.54. The van der Waals surface area contributed by atoms with Crippen molar-refractivity contribution in [3.63, 3.8) is 0 Å². The lowest BCUT2D eigenvalue weighted by Gasteiger charge is -2.08. The van der Waals surface area contributed by atoms with Crippen molar-refractivity contribution in [2.24, 2.45) is 0 Å². The van der Waals surface area contributed by atoms with Crippen LogP contribution in [0.3, 0.4) is 0 Å². The van der Waals surface area contributed by atoms with Crippen LogP contribution in [-0.2, 0) is 0 Å². The van der Waals surface area contributed by atoms with Crippen LogP contribution in [0.2, 0.25) is 10.0 Å². The summed E-state index contributed by atoms with van der Waals surface area (Å²) in [5, 5.41) is 13.1. The number of benzene rings is 2. The molecule has 2 aromatic carbocycles. The number of hydrogen-bond donors (Lipinski definition) is 2. The number of anilines is 1. The minimum absolute atomic E-state index is 0.0606. The molecular formula is C13H8Cl2INO2. The van der Waals surface area contributed by atoms with E-state index in [0.717, 1.165) is 0 Å². The van der Waals surface area contributed by atoms with Crippen molar-refractivity contribution in [3.05, 3.63) is 55.6 Å². The second-order valence-corrected chi connectivity index (χ2v) is 5.75. The number of carbonyl (C=O) groups excluding carboxylic acids is 1. The van der Waals surface area contributed by atoms with Crippen molar-refractivity contribution in [1.29, 1.82) is 0 Å². The van der Waals surface area contributed by atoms with Gasteiger partial charge in [-0.25, -0.2) is 0 Å². The van der Waals surface area contributed by atoms with Crippen molar-refractivity contribution in [1.82, 2.24) is 0 Å². The molecule has 19 heavy (non-hydrogen) atoms. The monoisotopic (exact) mass is 407 g/mol. The van der Waals surface area contributed by atoms with Crippen LogP contribution in [0.1, 0.15) is 10.4 Å². The second-order valence-electron chi connectivity index (χ2n) is 3.74. The molecule has 1 amide bonds. The van der Waals surface area contributed by atoms with Gasteiger partial charge in [-0.2, -0.15) is 0 Å². The molecule has 0 radical (unpaired) electrons. The van der Waals surface area contributed by atoms with Gasteiger partial charge in [0.2, 0.25) is 0 Å². The first kappa shape index (κ1) is 14.4. The number of hydrogen-bond acceptors (Lipinski definition) is 2. The highest BCUT2D eigenvalue weighted by molar-refractivity contribution is 14.1. The normalized spacial score (nSPS) is 10.3. The van der Waals surface area contributed by atoms with Crippen molar-refractivity contribution >= 4 is 57.4 Å². The van der Waals surface area contributed by atoms with E-state index in [0.29, 0.717) is 24.9 Å². The maximum Gasteiger partial charge on any atom is 0.255 e. The van der Waals surface area contributed by atoms with Gasteiger partial charge < -0.3 is 10.4 Å². The summed E-state index contributed by atoms with van der Waals surface area (Å²) in [6, 6.07) is 9.48. The Hall–Kier alpha value is -0.980. The Morgan fingerprint density at radius 1 is 1.16 bits per heavy atom. The number of aromatic hydroxyl groups is 1. The summed E-state index contributed by atoms with van der Waals surface area (Å²) in [6.45, 7) is 0. The molecule has 0 aliphatic rings. The van der Waals surface area contributed by atoms with Crippen LogP contribution >= 0.6 is 45.8 Å². The van der Waals surface area contributed by atoms with Gasteiger partial charge in [-0.05, 0) is 59.0 Å². The third-order valence-electron chi connectivity index (χ3n) is 2.38. The summed E-state index contributed by atoms with van der Waals surface area (Å²) >= 11 is 13.8. The van der Waals surface area contributed by atoms with Gasteiger partial charge in [0.15, 0.2) is 0 Å². The molecule has 0 spiro atoms. The van der Waals surface area contributed by atoms with E-state index in [1.54, 1.807) is 30.3 Å². The summed E-state index contributed by atoms with van der Waals surface area (Å²) < 4.78 is 0.676. The maximum absolute atomic E-state index is 12.0. The molecule has 0 aliphatic heterocycles. The Morgan fingerprint density at radius 2 is 1.89 bits per heavy atom. The van der Waals surface area contributed by atoms with E-state index >= 15 is 0 Å².